The second kappa shape index (κ2) is 5.13. The van der Waals surface area contributed by atoms with Crippen LogP contribution in [0.3, 0.4) is 0 Å². The van der Waals surface area contributed by atoms with Crippen molar-refractivity contribution in [2.45, 2.75) is 51.6 Å². The van der Waals surface area contributed by atoms with E-state index in [4.69, 9.17) is 0 Å². The third kappa shape index (κ3) is 2.82. The molecule has 1 unspecified atom stereocenters. The highest BCUT2D eigenvalue weighted by Crippen LogP contribution is 2.34. The smallest absolute Gasteiger partial charge is 0.0826 e. The fraction of sp³-hybridized carbons (Fsp3) is 0.692. The zero-order valence-electron chi connectivity index (χ0n) is 9.41. The second-order valence-electron chi connectivity index (χ2n) is 4.69. The summed E-state index contributed by atoms with van der Waals surface area (Å²) >= 11 is 1.74. The third-order valence-corrected chi connectivity index (χ3v) is 4.32. The highest BCUT2D eigenvalue weighted by molar-refractivity contribution is 7.10. The molecule has 0 spiro atoms. The molecule has 0 saturated heterocycles. The van der Waals surface area contributed by atoms with Gasteiger partial charge in [-0.25, -0.2) is 0 Å². The topological polar surface area (TPSA) is 20.2 Å². The summed E-state index contributed by atoms with van der Waals surface area (Å²) in [5.41, 5.74) is 1.14. The van der Waals surface area contributed by atoms with Gasteiger partial charge in [-0.05, 0) is 42.7 Å². The van der Waals surface area contributed by atoms with Crippen LogP contribution in [0.5, 0.6) is 0 Å². The van der Waals surface area contributed by atoms with Gasteiger partial charge in [0, 0.05) is 4.88 Å². The quantitative estimate of drug-likeness (QED) is 0.751. The van der Waals surface area contributed by atoms with E-state index in [0.717, 1.165) is 5.56 Å². The SMILES string of the molecule is Cc1cc(C(O)C2CCCCCC2)cs1. The van der Waals surface area contributed by atoms with Crippen molar-refractivity contribution in [2.75, 3.05) is 0 Å². The van der Waals surface area contributed by atoms with E-state index in [2.05, 4.69) is 18.4 Å². The standard InChI is InChI=1S/C13H20OS/c1-10-8-12(9-15-10)13(14)11-6-4-2-3-5-7-11/h8-9,11,13-14H,2-7H2,1H3. The zero-order chi connectivity index (χ0) is 10.7. The number of hydrogen-bond donors (Lipinski definition) is 1. The molecular formula is C13H20OS. The molecule has 0 radical (unpaired) electrons. The van der Waals surface area contributed by atoms with Gasteiger partial charge in [0.1, 0.15) is 0 Å². The van der Waals surface area contributed by atoms with E-state index < -0.39 is 0 Å². The fourth-order valence-corrected chi connectivity index (χ4v) is 3.25. The first-order chi connectivity index (χ1) is 7.27. The molecule has 84 valence electrons. The second-order valence-corrected chi connectivity index (χ2v) is 5.80. The number of aliphatic hydroxyl groups excluding tert-OH is 1. The summed E-state index contributed by atoms with van der Waals surface area (Å²) in [6.07, 6.45) is 7.49. The molecule has 2 rings (SSSR count). The molecule has 1 aliphatic carbocycles. The van der Waals surface area contributed by atoms with Crippen molar-refractivity contribution in [2.24, 2.45) is 5.92 Å². The van der Waals surface area contributed by atoms with E-state index in [-0.39, 0.29) is 6.10 Å². The summed E-state index contributed by atoms with van der Waals surface area (Å²) < 4.78 is 0. The Morgan fingerprint density at radius 3 is 2.47 bits per heavy atom. The Hall–Kier alpha value is -0.340. The molecule has 0 aromatic carbocycles. The molecule has 15 heavy (non-hydrogen) atoms. The minimum atomic E-state index is -0.215. The summed E-state index contributed by atoms with van der Waals surface area (Å²) in [5.74, 6) is 0.501. The third-order valence-electron chi connectivity index (χ3n) is 3.44. The number of aliphatic hydroxyl groups is 1. The molecule has 0 amide bonds. The van der Waals surface area contributed by atoms with Crippen molar-refractivity contribution in [3.8, 4) is 0 Å². The maximum Gasteiger partial charge on any atom is 0.0826 e. The average Bonchev–Trinajstić information content (AvgIpc) is 2.53. The summed E-state index contributed by atoms with van der Waals surface area (Å²) in [7, 11) is 0. The van der Waals surface area contributed by atoms with Crippen molar-refractivity contribution in [1.29, 1.82) is 0 Å². The number of rotatable bonds is 2. The minimum absolute atomic E-state index is 0.215. The molecule has 2 heteroatoms. The number of aryl methyl sites for hydroxylation is 1. The summed E-state index contributed by atoms with van der Waals surface area (Å²) in [5, 5.41) is 12.4. The molecule has 1 aromatic rings. The maximum absolute atomic E-state index is 10.3. The lowest BCUT2D eigenvalue weighted by Crippen LogP contribution is -2.11. The van der Waals surface area contributed by atoms with Crippen LogP contribution in [0.2, 0.25) is 0 Å². The normalized spacial score (nSPS) is 21.2. The lowest BCUT2D eigenvalue weighted by molar-refractivity contribution is 0.0992. The van der Waals surface area contributed by atoms with Crippen LogP contribution in [-0.4, -0.2) is 5.11 Å². The van der Waals surface area contributed by atoms with E-state index in [1.807, 2.05) is 0 Å². The van der Waals surface area contributed by atoms with Gasteiger partial charge >= 0.3 is 0 Å². The Kier molecular flexibility index (Phi) is 3.81. The molecule has 1 N–H and O–H groups in total. The van der Waals surface area contributed by atoms with Crippen LogP contribution in [0.15, 0.2) is 11.4 Å². The zero-order valence-corrected chi connectivity index (χ0v) is 10.2. The van der Waals surface area contributed by atoms with Crippen LogP contribution in [0.1, 0.15) is 55.1 Å². The van der Waals surface area contributed by atoms with Gasteiger partial charge in [-0.1, -0.05) is 25.7 Å². The van der Waals surface area contributed by atoms with Crippen molar-refractivity contribution >= 4 is 11.3 Å². The monoisotopic (exact) mass is 224 g/mol. The van der Waals surface area contributed by atoms with Crippen LogP contribution >= 0.6 is 11.3 Å². The van der Waals surface area contributed by atoms with Crippen LogP contribution in [0, 0.1) is 12.8 Å². The van der Waals surface area contributed by atoms with Gasteiger partial charge in [-0.3, -0.25) is 0 Å². The predicted molar refractivity (Wildman–Crippen MR) is 65.2 cm³/mol. The van der Waals surface area contributed by atoms with Crippen LogP contribution < -0.4 is 0 Å². The van der Waals surface area contributed by atoms with E-state index in [0.29, 0.717) is 5.92 Å². The lowest BCUT2D eigenvalue weighted by Gasteiger charge is -2.20. The molecular weight excluding hydrogens is 204 g/mol. The van der Waals surface area contributed by atoms with E-state index in [1.54, 1.807) is 11.3 Å². The molecule has 1 atom stereocenters. The molecule has 1 heterocycles. The van der Waals surface area contributed by atoms with Crippen molar-refractivity contribution in [1.82, 2.24) is 0 Å². The molecule has 1 saturated carbocycles. The molecule has 1 aromatic heterocycles. The Morgan fingerprint density at radius 2 is 1.93 bits per heavy atom. The Balaban J connectivity index is 2.02. The Bertz CT molecular complexity index is 297. The van der Waals surface area contributed by atoms with Gasteiger partial charge in [-0.2, -0.15) is 0 Å². The van der Waals surface area contributed by atoms with Gasteiger partial charge in [0.15, 0.2) is 0 Å². The fourth-order valence-electron chi connectivity index (χ4n) is 2.52. The summed E-state index contributed by atoms with van der Waals surface area (Å²) in [6, 6.07) is 2.14. The van der Waals surface area contributed by atoms with Gasteiger partial charge < -0.3 is 5.11 Å². The van der Waals surface area contributed by atoms with Crippen LogP contribution in [0.4, 0.5) is 0 Å². The average molecular weight is 224 g/mol. The van der Waals surface area contributed by atoms with Crippen molar-refractivity contribution in [3.63, 3.8) is 0 Å². The minimum Gasteiger partial charge on any atom is -0.388 e. The first-order valence-electron chi connectivity index (χ1n) is 6.00. The van der Waals surface area contributed by atoms with Gasteiger partial charge in [-0.15, -0.1) is 11.3 Å². The van der Waals surface area contributed by atoms with Crippen molar-refractivity contribution < 1.29 is 5.11 Å². The molecule has 1 fully saturated rings. The first kappa shape index (κ1) is 11.2. The number of hydrogen-bond acceptors (Lipinski definition) is 2. The van der Waals surface area contributed by atoms with E-state index in [9.17, 15) is 5.11 Å². The lowest BCUT2D eigenvalue weighted by atomic mass is 9.90. The van der Waals surface area contributed by atoms with Gasteiger partial charge in [0.25, 0.3) is 0 Å². The Morgan fingerprint density at radius 1 is 1.27 bits per heavy atom. The maximum atomic E-state index is 10.3. The molecule has 0 bridgehead atoms. The van der Waals surface area contributed by atoms with Crippen LogP contribution in [-0.2, 0) is 0 Å². The summed E-state index contributed by atoms with van der Waals surface area (Å²) in [6.45, 7) is 2.11. The number of thiophene rings is 1. The van der Waals surface area contributed by atoms with Crippen LogP contribution in [0.25, 0.3) is 0 Å². The Labute approximate surface area is 96.1 Å². The van der Waals surface area contributed by atoms with Gasteiger partial charge in [0.05, 0.1) is 6.10 Å². The van der Waals surface area contributed by atoms with Crippen molar-refractivity contribution in [3.05, 3.63) is 21.9 Å². The molecule has 1 nitrogen and oxygen atoms in total. The van der Waals surface area contributed by atoms with E-state index in [1.165, 1.54) is 43.4 Å². The highest BCUT2D eigenvalue weighted by Gasteiger charge is 2.22. The van der Waals surface area contributed by atoms with Gasteiger partial charge in [0.2, 0.25) is 0 Å². The largest absolute Gasteiger partial charge is 0.388 e. The predicted octanol–water partition coefficient (Wildman–Crippen LogP) is 4.06. The first-order valence-corrected chi connectivity index (χ1v) is 6.88. The molecule has 1 aliphatic rings. The summed E-state index contributed by atoms with van der Waals surface area (Å²) in [4.78, 5) is 1.30. The van der Waals surface area contributed by atoms with E-state index >= 15 is 0 Å². The molecule has 0 aliphatic heterocycles. The highest BCUT2D eigenvalue weighted by atomic mass is 32.1.